The lowest BCUT2D eigenvalue weighted by atomic mass is 10.1. The summed E-state index contributed by atoms with van der Waals surface area (Å²) in [6.07, 6.45) is 1.07. The second-order valence-electron chi connectivity index (χ2n) is 4.35. The van der Waals surface area contributed by atoms with Gasteiger partial charge in [-0.3, -0.25) is 0 Å². The van der Waals surface area contributed by atoms with Crippen LogP contribution in [0.1, 0.15) is 18.9 Å². The zero-order valence-corrected chi connectivity index (χ0v) is 14.4. The zero-order chi connectivity index (χ0) is 14.0. The topological polar surface area (TPSA) is 34.2 Å². The Morgan fingerprint density at radius 1 is 1.26 bits per heavy atom. The molecule has 1 aromatic heterocycles. The van der Waals surface area contributed by atoms with E-state index in [2.05, 4.69) is 57.1 Å². The van der Waals surface area contributed by atoms with E-state index >= 15 is 0 Å². The van der Waals surface area contributed by atoms with E-state index in [1.165, 1.54) is 0 Å². The van der Waals surface area contributed by atoms with Gasteiger partial charge in [-0.15, -0.1) is 0 Å². The number of aromatic nitrogens is 1. The van der Waals surface area contributed by atoms with E-state index in [0.717, 1.165) is 49.9 Å². The fourth-order valence-electron chi connectivity index (χ4n) is 1.97. The lowest BCUT2D eigenvalue weighted by molar-refractivity contribution is 0.417. The Balaban J connectivity index is 2.66. The van der Waals surface area contributed by atoms with Crippen LogP contribution >= 0.6 is 31.9 Å². The molecule has 5 heteroatoms. The van der Waals surface area contributed by atoms with E-state index in [1.54, 1.807) is 7.11 Å². The second-order valence-corrected chi connectivity index (χ2v) is 6.06. The molecule has 0 spiro atoms. The number of benzene rings is 1. The van der Waals surface area contributed by atoms with Gasteiger partial charge in [-0.1, -0.05) is 6.92 Å². The average molecular weight is 388 g/mol. The molecule has 0 aliphatic carbocycles. The first-order chi connectivity index (χ1) is 9.08. The summed E-state index contributed by atoms with van der Waals surface area (Å²) < 4.78 is 7.34. The van der Waals surface area contributed by atoms with Crippen molar-refractivity contribution in [1.29, 1.82) is 0 Å². The molecule has 2 aromatic rings. The van der Waals surface area contributed by atoms with Gasteiger partial charge in [0.1, 0.15) is 11.6 Å². The highest BCUT2D eigenvalue weighted by atomic mass is 79.9. The smallest absolute Gasteiger partial charge is 0.142 e. The Kier molecular flexibility index (Phi) is 4.68. The van der Waals surface area contributed by atoms with Crippen molar-refractivity contribution < 1.29 is 4.74 Å². The van der Waals surface area contributed by atoms with Gasteiger partial charge in [0.25, 0.3) is 0 Å². The maximum atomic E-state index is 5.46. The molecule has 0 aliphatic rings. The van der Waals surface area contributed by atoms with Crippen LogP contribution < -0.4 is 10.1 Å². The summed E-state index contributed by atoms with van der Waals surface area (Å²) >= 11 is 7.08. The number of pyridine rings is 1. The van der Waals surface area contributed by atoms with Crippen LogP contribution in [0.4, 0.5) is 5.82 Å². The quantitative estimate of drug-likeness (QED) is 0.810. The fraction of sp³-hybridized carbons (Fsp3) is 0.357. The minimum absolute atomic E-state index is 0.816. The first-order valence-corrected chi connectivity index (χ1v) is 7.74. The van der Waals surface area contributed by atoms with Crippen molar-refractivity contribution in [3.8, 4) is 5.75 Å². The standard InChI is InChI=1S/C14H16Br2N2O/c1-4-5-17-14-8(2)6-9-12(18-14)10(15)7-11(16)13(9)19-3/h6-7H,4-5H2,1-3H3,(H,17,18). The molecule has 0 aliphatic heterocycles. The van der Waals surface area contributed by atoms with Crippen molar-refractivity contribution in [1.82, 2.24) is 4.98 Å². The maximum Gasteiger partial charge on any atom is 0.142 e. The number of nitrogens with one attached hydrogen (secondary N) is 1. The van der Waals surface area contributed by atoms with Crippen LogP contribution in [0.15, 0.2) is 21.1 Å². The lowest BCUT2D eigenvalue weighted by Crippen LogP contribution is -2.04. The monoisotopic (exact) mass is 386 g/mol. The van der Waals surface area contributed by atoms with Gasteiger partial charge in [0, 0.05) is 16.4 Å². The predicted molar refractivity (Wildman–Crippen MR) is 87.2 cm³/mol. The van der Waals surface area contributed by atoms with E-state index in [-0.39, 0.29) is 0 Å². The number of fused-ring (bicyclic) bond motifs is 1. The minimum atomic E-state index is 0.816. The van der Waals surface area contributed by atoms with Crippen molar-refractivity contribution in [2.24, 2.45) is 0 Å². The third kappa shape index (κ3) is 2.87. The summed E-state index contributed by atoms with van der Waals surface area (Å²) in [6, 6.07) is 4.07. The molecule has 0 amide bonds. The number of methoxy groups -OCH3 is 1. The van der Waals surface area contributed by atoms with Gasteiger partial charge in [0.15, 0.2) is 0 Å². The number of aryl methyl sites for hydroxylation is 1. The van der Waals surface area contributed by atoms with Crippen LogP contribution in [-0.4, -0.2) is 18.6 Å². The van der Waals surface area contributed by atoms with Crippen LogP contribution in [0, 0.1) is 6.92 Å². The molecular formula is C14H16Br2N2O. The van der Waals surface area contributed by atoms with Crippen molar-refractivity contribution in [2.45, 2.75) is 20.3 Å². The van der Waals surface area contributed by atoms with Crippen LogP contribution in [0.25, 0.3) is 10.9 Å². The lowest BCUT2D eigenvalue weighted by Gasteiger charge is -2.13. The zero-order valence-electron chi connectivity index (χ0n) is 11.2. The Hall–Kier alpha value is -0.810. The van der Waals surface area contributed by atoms with Gasteiger partial charge in [0.2, 0.25) is 0 Å². The summed E-state index contributed by atoms with van der Waals surface area (Å²) in [5.74, 6) is 1.75. The van der Waals surface area contributed by atoms with Gasteiger partial charge in [-0.25, -0.2) is 4.98 Å². The molecule has 3 nitrogen and oxygen atoms in total. The Bertz CT molecular complexity index is 614. The molecule has 102 valence electrons. The van der Waals surface area contributed by atoms with Crippen molar-refractivity contribution in [2.75, 3.05) is 19.0 Å². The summed E-state index contributed by atoms with van der Waals surface area (Å²) in [6.45, 7) is 5.11. The number of anilines is 1. The molecule has 2 rings (SSSR count). The highest BCUT2D eigenvalue weighted by Gasteiger charge is 2.13. The van der Waals surface area contributed by atoms with E-state index in [1.807, 2.05) is 6.07 Å². The second kappa shape index (κ2) is 6.09. The molecule has 0 fully saturated rings. The molecule has 19 heavy (non-hydrogen) atoms. The molecule has 1 N–H and O–H groups in total. The van der Waals surface area contributed by atoms with E-state index in [9.17, 15) is 0 Å². The Labute approximate surface area is 130 Å². The van der Waals surface area contributed by atoms with Crippen molar-refractivity contribution >= 4 is 48.6 Å². The molecule has 0 saturated heterocycles. The van der Waals surface area contributed by atoms with Crippen molar-refractivity contribution in [3.05, 3.63) is 26.6 Å². The normalized spacial score (nSPS) is 10.8. The minimum Gasteiger partial charge on any atom is -0.495 e. The first-order valence-electron chi connectivity index (χ1n) is 6.15. The van der Waals surface area contributed by atoms with E-state index in [4.69, 9.17) is 9.72 Å². The molecule has 0 saturated carbocycles. The third-order valence-electron chi connectivity index (χ3n) is 2.90. The van der Waals surface area contributed by atoms with E-state index in [0.29, 0.717) is 0 Å². The van der Waals surface area contributed by atoms with Gasteiger partial charge >= 0.3 is 0 Å². The fourth-order valence-corrected chi connectivity index (χ4v) is 3.41. The van der Waals surface area contributed by atoms with Crippen molar-refractivity contribution in [3.63, 3.8) is 0 Å². The average Bonchev–Trinajstić information content (AvgIpc) is 2.37. The number of halogens is 2. The summed E-state index contributed by atoms with van der Waals surface area (Å²) in [4.78, 5) is 4.70. The van der Waals surface area contributed by atoms with Gasteiger partial charge in [0.05, 0.1) is 17.1 Å². The number of rotatable bonds is 4. The van der Waals surface area contributed by atoms with Gasteiger partial charge in [-0.05, 0) is 62.9 Å². The van der Waals surface area contributed by atoms with Gasteiger partial charge < -0.3 is 10.1 Å². The molecule has 0 bridgehead atoms. The van der Waals surface area contributed by atoms with E-state index < -0.39 is 0 Å². The number of hydrogen-bond acceptors (Lipinski definition) is 3. The summed E-state index contributed by atoms with van der Waals surface area (Å²) in [7, 11) is 1.67. The highest BCUT2D eigenvalue weighted by molar-refractivity contribution is 9.11. The number of nitrogens with zero attached hydrogens (tertiary/aromatic N) is 1. The molecule has 1 heterocycles. The first kappa shape index (κ1) is 14.6. The molecular weight excluding hydrogens is 372 g/mol. The molecule has 0 atom stereocenters. The molecule has 0 radical (unpaired) electrons. The van der Waals surface area contributed by atoms with Gasteiger partial charge in [-0.2, -0.15) is 0 Å². The summed E-state index contributed by atoms with van der Waals surface area (Å²) in [5.41, 5.74) is 2.02. The van der Waals surface area contributed by atoms with Crippen LogP contribution in [0.3, 0.4) is 0 Å². The SMILES string of the molecule is CCCNc1nc2c(Br)cc(Br)c(OC)c2cc1C. The Morgan fingerprint density at radius 3 is 2.63 bits per heavy atom. The predicted octanol–water partition coefficient (Wildman–Crippen LogP) is 4.90. The Morgan fingerprint density at radius 2 is 2.00 bits per heavy atom. The third-order valence-corrected chi connectivity index (χ3v) is 4.09. The number of ether oxygens (including phenoxy) is 1. The summed E-state index contributed by atoms with van der Waals surface area (Å²) in [5, 5.41) is 4.35. The molecule has 1 aromatic carbocycles. The van der Waals surface area contributed by atoms with Crippen LogP contribution in [0.2, 0.25) is 0 Å². The molecule has 0 unspecified atom stereocenters. The largest absolute Gasteiger partial charge is 0.495 e. The van der Waals surface area contributed by atoms with Crippen LogP contribution in [0.5, 0.6) is 5.75 Å². The number of hydrogen-bond donors (Lipinski definition) is 1. The maximum absolute atomic E-state index is 5.46. The highest BCUT2D eigenvalue weighted by Crippen LogP contribution is 2.38. The van der Waals surface area contributed by atoms with Crippen LogP contribution in [-0.2, 0) is 0 Å².